The van der Waals surface area contributed by atoms with Crippen LogP contribution in [0.4, 0.5) is 0 Å². The highest BCUT2D eigenvalue weighted by atomic mass is 32.2. The number of carboxylic acids is 1. The van der Waals surface area contributed by atoms with Gasteiger partial charge in [0.05, 0.1) is 5.92 Å². The Bertz CT molecular complexity index is 473. The second kappa shape index (κ2) is 6.62. The lowest BCUT2D eigenvalue weighted by atomic mass is 9.92. The van der Waals surface area contributed by atoms with Gasteiger partial charge >= 0.3 is 5.97 Å². The van der Waals surface area contributed by atoms with Gasteiger partial charge < -0.3 is 5.11 Å². The fourth-order valence-corrected chi connectivity index (χ4v) is 5.41. The van der Waals surface area contributed by atoms with Crippen molar-refractivity contribution in [1.29, 1.82) is 0 Å². The van der Waals surface area contributed by atoms with Crippen molar-refractivity contribution in [2.75, 3.05) is 13.6 Å². The van der Waals surface area contributed by atoms with Gasteiger partial charge in [0.2, 0.25) is 0 Å². The Morgan fingerprint density at radius 3 is 2.33 bits per heavy atom. The second-order valence-corrected chi connectivity index (χ2v) is 8.19. The minimum atomic E-state index is -3.57. The van der Waals surface area contributed by atoms with Gasteiger partial charge in [0, 0.05) is 25.7 Å². The van der Waals surface area contributed by atoms with Crippen molar-refractivity contribution in [2.45, 2.75) is 64.0 Å². The maximum absolute atomic E-state index is 12.8. The Hall–Kier alpha value is -0.660. The molecule has 1 N–H and O–H groups in total. The molecule has 0 amide bonds. The van der Waals surface area contributed by atoms with Crippen LogP contribution < -0.4 is 0 Å². The Labute approximate surface area is 127 Å². The van der Waals surface area contributed by atoms with Gasteiger partial charge in [-0.1, -0.05) is 19.3 Å². The Morgan fingerprint density at radius 1 is 1.14 bits per heavy atom. The van der Waals surface area contributed by atoms with Crippen molar-refractivity contribution in [3.63, 3.8) is 0 Å². The van der Waals surface area contributed by atoms with Crippen LogP contribution in [0.3, 0.4) is 0 Å². The lowest BCUT2D eigenvalue weighted by molar-refractivity contribution is -0.144. The summed E-state index contributed by atoms with van der Waals surface area (Å²) >= 11 is 0. The van der Waals surface area contributed by atoms with Crippen LogP contribution in [0.25, 0.3) is 0 Å². The van der Waals surface area contributed by atoms with Crippen LogP contribution in [0.15, 0.2) is 0 Å². The molecule has 2 fully saturated rings. The normalized spacial score (nSPS) is 29.7. The van der Waals surface area contributed by atoms with Gasteiger partial charge in [0.1, 0.15) is 0 Å². The maximum Gasteiger partial charge on any atom is 0.308 e. The summed E-state index contributed by atoms with van der Waals surface area (Å²) < 4.78 is 28.5. The molecule has 0 spiro atoms. The summed E-state index contributed by atoms with van der Waals surface area (Å²) in [5.41, 5.74) is 0. The van der Waals surface area contributed by atoms with E-state index < -0.39 is 28.1 Å². The molecule has 7 heteroatoms. The Kier molecular flexibility index (Phi) is 5.27. The summed E-state index contributed by atoms with van der Waals surface area (Å²) in [4.78, 5) is 11.3. The van der Waals surface area contributed by atoms with Crippen LogP contribution >= 0.6 is 0 Å². The zero-order valence-electron chi connectivity index (χ0n) is 12.9. The lowest BCUT2D eigenvalue weighted by Crippen LogP contribution is -2.55. The van der Waals surface area contributed by atoms with E-state index in [1.165, 1.54) is 15.0 Å². The van der Waals surface area contributed by atoms with E-state index in [1.54, 1.807) is 14.0 Å². The highest BCUT2D eigenvalue weighted by Gasteiger charge is 2.42. The zero-order valence-corrected chi connectivity index (χ0v) is 13.7. The summed E-state index contributed by atoms with van der Waals surface area (Å²) in [6.45, 7) is 2.13. The molecule has 2 rings (SSSR count). The standard InChI is InChI=1S/C14H26N2O4S/c1-11-13(14(17)18)9-6-10-16(11)21(19,20)15(2)12-7-4-3-5-8-12/h11-13H,3-10H2,1-2H3,(H,17,18)/t11-,13-/m1/s1. The SMILES string of the molecule is C[C@@H]1[C@H](C(=O)O)CCCN1S(=O)(=O)N(C)C1CCCCC1. The summed E-state index contributed by atoms with van der Waals surface area (Å²) in [6.07, 6.45) is 6.27. The van der Waals surface area contributed by atoms with Crippen LogP contribution in [-0.2, 0) is 15.0 Å². The number of carbonyl (C=O) groups is 1. The van der Waals surface area contributed by atoms with E-state index in [4.69, 9.17) is 0 Å². The van der Waals surface area contributed by atoms with Gasteiger partial charge in [-0.3, -0.25) is 4.79 Å². The predicted octanol–water partition coefficient (Wildman–Crippen LogP) is 1.68. The van der Waals surface area contributed by atoms with Crippen molar-refractivity contribution < 1.29 is 18.3 Å². The maximum atomic E-state index is 12.8. The molecule has 0 radical (unpaired) electrons. The number of hydrogen-bond donors (Lipinski definition) is 1. The predicted molar refractivity (Wildman–Crippen MR) is 80.1 cm³/mol. The second-order valence-electron chi connectivity index (χ2n) is 6.25. The van der Waals surface area contributed by atoms with Crippen LogP contribution in [-0.4, -0.2) is 53.8 Å². The topological polar surface area (TPSA) is 77.9 Å². The molecule has 6 nitrogen and oxygen atoms in total. The van der Waals surface area contributed by atoms with E-state index in [9.17, 15) is 18.3 Å². The molecule has 122 valence electrons. The number of aliphatic carboxylic acids is 1. The first-order valence-electron chi connectivity index (χ1n) is 7.83. The van der Waals surface area contributed by atoms with Crippen LogP contribution in [0, 0.1) is 5.92 Å². The van der Waals surface area contributed by atoms with E-state index in [0.717, 1.165) is 25.7 Å². The van der Waals surface area contributed by atoms with Crippen LogP contribution in [0.2, 0.25) is 0 Å². The van der Waals surface area contributed by atoms with Crippen LogP contribution in [0.1, 0.15) is 51.9 Å². The molecular weight excluding hydrogens is 292 g/mol. The molecule has 1 heterocycles. The average Bonchev–Trinajstić information content (AvgIpc) is 2.47. The van der Waals surface area contributed by atoms with E-state index >= 15 is 0 Å². The summed E-state index contributed by atoms with van der Waals surface area (Å²) in [5.74, 6) is -1.50. The van der Waals surface area contributed by atoms with Crippen molar-refractivity contribution in [2.24, 2.45) is 5.92 Å². The molecular formula is C14H26N2O4S. The van der Waals surface area contributed by atoms with Gasteiger partial charge in [0.25, 0.3) is 10.2 Å². The van der Waals surface area contributed by atoms with Crippen molar-refractivity contribution >= 4 is 16.2 Å². The lowest BCUT2D eigenvalue weighted by Gasteiger charge is -2.40. The fourth-order valence-electron chi connectivity index (χ4n) is 3.57. The largest absolute Gasteiger partial charge is 0.481 e. The number of piperidine rings is 1. The smallest absolute Gasteiger partial charge is 0.308 e. The molecule has 2 aliphatic rings. The van der Waals surface area contributed by atoms with Gasteiger partial charge in [-0.15, -0.1) is 0 Å². The minimum Gasteiger partial charge on any atom is -0.481 e. The molecule has 2 atom stereocenters. The number of carboxylic acid groups (broad SMARTS) is 1. The molecule has 0 aromatic carbocycles. The third-order valence-electron chi connectivity index (χ3n) is 5.00. The monoisotopic (exact) mass is 318 g/mol. The van der Waals surface area contributed by atoms with E-state index in [2.05, 4.69) is 0 Å². The third kappa shape index (κ3) is 3.40. The number of rotatable bonds is 4. The Morgan fingerprint density at radius 2 is 1.76 bits per heavy atom. The number of nitrogens with zero attached hydrogens (tertiary/aromatic N) is 2. The molecule has 21 heavy (non-hydrogen) atoms. The summed E-state index contributed by atoms with van der Waals surface area (Å²) in [5, 5.41) is 9.24. The highest BCUT2D eigenvalue weighted by molar-refractivity contribution is 7.86. The summed E-state index contributed by atoms with van der Waals surface area (Å²) in [7, 11) is -1.93. The molecule has 1 aliphatic heterocycles. The first kappa shape index (κ1) is 16.7. The molecule has 1 saturated heterocycles. The van der Waals surface area contributed by atoms with Crippen molar-refractivity contribution in [1.82, 2.24) is 8.61 Å². The van der Waals surface area contributed by atoms with Gasteiger partial charge in [0.15, 0.2) is 0 Å². The van der Waals surface area contributed by atoms with Gasteiger partial charge in [-0.25, -0.2) is 0 Å². The minimum absolute atomic E-state index is 0.0566. The first-order chi connectivity index (χ1) is 9.85. The molecule has 0 unspecified atom stereocenters. The zero-order chi connectivity index (χ0) is 15.6. The van der Waals surface area contributed by atoms with Crippen molar-refractivity contribution in [3.8, 4) is 0 Å². The molecule has 1 aliphatic carbocycles. The first-order valence-corrected chi connectivity index (χ1v) is 9.23. The summed E-state index contributed by atoms with van der Waals surface area (Å²) in [6, 6.07) is -0.423. The van der Waals surface area contributed by atoms with E-state index in [-0.39, 0.29) is 6.04 Å². The van der Waals surface area contributed by atoms with Gasteiger partial charge in [-0.05, 0) is 32.6 Å². The highest BCUT2D eigenvalue weighted by Crippen LogP contribution is 2.30. The Balaban J connectivity index is 2.15. The quantitative estimate of drug-likeness (QED) is 0.855. The van der Waals surface area contributed by atoms with Crippen molar-refractivity contribution in [3.05, 3.63) is 0 Å². The molecule has 0 bridgehead atoms. The molecule has 1 saturated carbocycles. The van der Waals surface area contributed by atoms with E-state index in [1.807, 2.05) is 0 Å². The fraction of sp³-hybridized carbons (Fsp3) is 0.929. The van der Waals surface area contributed by atoms with Gasteiger partial charge in [-0.2, -0.15) is 17.0 Å². The molecule has 0 aromatic rings. The molecule has 0 aromatic heterocycles. The van der Waals surface area contributed by atoms with Crippen LogP contribution in [0.5, 0.6) is 0 Å². The number of hydrogen-bond acceptors (Lipinski definition) is 3. The third-order valence-corrected chi connectivity index (χ3v) is 7.13. The average molecular weight is 318 g/mol. The van der Waals surface area contributed by atoms with E-state index in [0.29, 0.717) is 19.4 Å².